The van der Waals surface area contributed by atoms with Crippen molar-refractivity contribution >= 4 is 29.5 Å². The number of carbonyl (C=O) groups is 1. The van der Waals surface area contributed by atoms with Gasteiger partial charge in [0.1, 0.15) is 6.04 Å². The molecule has 0 radical (unpaired) electrons. The molecule has 35 heavy (non-hydrogen) atoms. The van der Waals surface area contributed by atoms with Gasteiger partial charge in [-0.2, -0.15) is 18.2 Å². The van der Waals surface area contributed by atoms with Gasteiger partial charge in [-0.15, -0.1) is 0 Å². The van der Waals surface area contributed by atoms with Crippen molar-refractivity contribution in [2.45, 2.75) is 26.1 Å². The van der Waals surface area contributed by atoms with E-state index in [0.717, 1.165) is 29.0 Å². The van der Waals surface area contributed by atoms with E-state index in [2.05, 4.69) is 20.7 Å². The summed E-state index contributed by atoms with van der Waals surface area (Å²) in [6.07, 6.45) is 1.76. The number of anilines is 3. The minimum Gasteiger partial charge on any atom is -0.478 e. The summed E-state index contributed by atoms with van der Waals surface area (Å²) in [7, 11) is 0. The Hall–Kier alpha value is -4.18. The standard InChI is InChI=1S/C25H22F3N5O2/c1-15-10-16(2)12-19(11-15)30-24-29-14-20(18-5-3-4-17(13-18)6-7-22(34)35)23(31-24)33-9-8-21(32-33)25(26,27)28/h3-14,21,32H,1-2H3,(H,34,35)(H,29,30,31)/b7-6+. The topological polar surface area (TPSA) is 90.4 Å². The molecule has 0 saturated carbocycles. The van der Waals surface area contributed by atoms with Crippen LogP contribution in [0.3, 0.4) is 0 Å². The molecule has 1 unspecified atom stereocenters. The summed E-state index contributed by atoms with van der Waals surface area (Å²) in [6, 6.07) is 10.9. The van der Waals surface area contributed by atoms with Crippen LogP contribution in [0.5, 0.6) is 0 Å². The first kappa shape index (κ1) is 24.0. The van der Waals surface area contributed by atoms with Gasteiger partial charge < -0.3 is 10.4 Å². The lowest BCUT2D eigenvalue weighted by molar-refractivity contribution is -0.142. The van der Waals surface area contributed by atoms with Crippen molar-refractivity contribution < 1.29 is 23.1 Å². The van der Waals surface area contributed by atoms with Crippen LogP contribution in [0.15, 0.2) is 67.0 Å². The molecule has 1 aromatic heterocycles. The maximum atomic E-state index is 13.3. The van der Waals surface area contributed by atoms with Crippen molar-refractivity contribution in [2.75, 3.05) is 10.3 Å². The molecule has 7 nitrogen and oxygen atoms in total. The van der Waals surface area contributed by atoms with Crippen molar-refractivity contribution in [1.82, 2.24) is 15.4 Å². The molecule has 1 atom stereocenters. The monoisotopic (exact) mass is 481 g/mol. The molecule has 2 aromatic carbocycles. The number of hydrazine groups is 1. The molecule has 10 heteroatoms. The van der Waals surface area contributed by atoms with Crippen molar-refractivity contribution in [3.63, 3.8) is 0 Å². The first-order chi connectivity index (χ1) is 16.6. The second-order valence-corrected chi connectivity index (χ2v) is 8.09. The van der Waals surface area contributed by atoms with Crippen molar-refractivity contribution in [2.24, 2.45) is 0 Å². The highest BCUT2D eigenvalue weighted by Crippen LogP contribution is 2.33. The van der Waals surface area contributed by atoms with E-state index in [-0.39, 0.29) is 11.8 Å². The van der Waals surface area contributed by atoms with Crippen LogP contribution in [-0.4, -0.2) is 33.3 Å². The molecule has 0 fully saturated rings. The number of aryl methyl sites for hydroxylation is 2. The van der Waals surface area contributed by atoms with Crippen LogP contribution in [0.1, 0.15) is 16.7 Å². The van der Waals surface area contributed by atoms with Gasteiger partial charge in [-0.05, 0) is 66.5 Å². The average molecular weight is 481 g/mol. The average Bonchev–Trinajstić information content (AvgIpc) is 3.28. The first-order valence-corrected chi connectivity index (χ1v) is 10.6. The maximum absolute atomic E-state index is 13.3. The van der Waals surface area contributed by atoms with E-state index in [9.17, 15) is 18.0 Å². The number of rotatable bonds is 6. The number of halogens is 3. The number of benzene rings is 2. The quantitative estimate of drug-likeness (QED) is 0.408. The fourth-order valence-corrected chi connectivity index (χ4v) is 3.70. The number of nitrogens with one attached hydrogen (secondary N) is 2. The zero-order valence-electron chi connectivity index (χ0n) is 18.8. The summed E-state index contributed by atoms with van der Waals surface area (Å²) in [5, 5.41) is 13.2. The Kier molecular flexibility index (Phi) is 6.57. The summed E-state index contributed by atoms with van der Waals surface area (Å²) < 4.78 is 39.8. The highest BCUT2D eigenvalue weighted by molar-refractivity contribution is 5.86. The Balaban J connectivity index is 1.74. The Labute approximate surface area is 199 Å². The minimum absolute atomic E-state index is 0.203. The van der Waals surface area contributed by atoms with Crippen molar-refractivity contribution in [3.05, 3.63) is 83.7 Å². The fraction of sp³-hybridized carbons (Fsp3) is 0.160. The molecule has 0 aliphatic carbocycles. The van der Waals surface area contributed by atoms with Gasteiger partial charge >= 0.3 is 12.1 Å². The Morgan fingerprint density at radius 2 is 1.91 bits per heavy atom. The van der Waals surface area contributed by atoms with Crippen LogP contribution in [0.4, 0.5) is 30.6 Å². The third-order valence-electron chi connectivity index (χ3n) is 5.15. The highest BCUT2D eigenvalue weighted by Gasteiger charge is 2.41. The lowest BCUT2D eigenvalue weighted by Crippen LogP contribution is -2.44. The number of aromatic nitrogens is 2. The molecular weight excluding hydrogens is 459 g/mol. The first-order valence-electron chi connectivity index (χ1n) is 10.6. The van der Waals surface area contributed by atoms with Crippen LogP contribution in [-0.2, 0) is 4.79 Å². The number of alkyl halides is 3. The largest absolute Gasteiger partial charge is 0.478 e. The number of nitrogens with zero attached hydrogens (tertiary/aromatic N) is 3. The molecular formula is C25H22F3N5O2. The summed E-state index contributed by atoms with van der Waals surface area (Å²) in [6.45, 7) is 3.91. The highest BCUT2D eigenvalue weighted by atomic mass is 19.4. The predicted octanol–water partition coefficient (Wildman–Crippen LogP) is 5.37. The summed E-state index contributed by atoms with van der Waals surface area (Å²) >= 11 is 0. The van der Waals surface area contributed by atoms with Gasteiger partial charge in [0.25, 0.3) is 0 Å². The van der Waals surface area contributed by atoms with E-state index >= 15 is 0 Å². The molecule has 0 saturated heterocycles. The third kappa shape index (κ3) is 5.85. The number of hydrogen-bond acceptors (Lipinski definition) is 6. The molecule has 0 bridgehead atoms. The molecule has 0 amide bonds. The van der Waals surface area contributed by atoms with Crippen LogP contribution in [0, 0.1) is 13.8 Å². The van der Waals surface area contributed by atoms with E-state index in [0.29, 0.717) is 16.7 Å². The molecule has 3 aromatic rings. The second kappa shape index (κ2) is 9.59. The van der Waals surface area contributed by atoms with Gasteiger partial charge in [0.15, 0.2) is 5.82 Å². The molecule has 1 aliphatic heterocycles. The van der Waals surface area contributed by atoms with Gasteiger partial charge in [-0.3, -0.25) is 5.01 Å². The van der Waals surface area contributed by atoms with E-state index in [1.54, 1.807) is 24.3 Å². The SMILES string of the molecule is Cc1cc(C)cc(Nc2ncc(-c3cccc(/C=C/C(=O)O)c3)c(N3C=CC(C(F)(F)F)N3)n2)c1. The predicted molar refractivity (Wildman–Crippen MR) is 128 cm³/mol. The van der Waals surface area contributed by atoms with Gasteiger partial charge in [-0.25, -0.2) is 15.2 Å². The number of carboxylic acid groups (broad SMARTS) is 1. The normalized spacial score (nSPS) is 15.7. The summed E-state index contributed by atoms with van der Waals surface area (Å²) in [4.78, 5) is 19.8. The lowest BCUT2D eigenvalue weighted by Gasteiger charge is -2.23. The van der Waals surface area contributed by atoms with Gasteiger partial charge in [0, 0.05) is 29.7 Å². The van der Waals surface area contributed by atoms with Crippen LogP contribution in [0.25, 0.3) is 17.2 Å². The van der Waals surface area contributed by atoms with Gasteiger partial charge in [-0.1, -0.05) is 24.3 Å². The third-order valence-corrected chi connectivity index (χ3v) is 5.15. The molecule has 1 aliphatic rings. The fourth-order valence-electron chi connectivity index (χ4n) is 3.70. The molecule has 3 N–H and O–H groups in total. The van der Waals surface area contributed by atoms with Crippen LogP contribution >= 0.6 is 0 Å². The van der Waals surface area contributed by atoms with Gasteiger partial charge in [0.05, 0.1) is 0 Å². The van der Waals surface area contributed by atoms with Crippen LogP contribution in [0.2, 0.25) is 0 Å². The number of hydrogen-bond donors (Lipinski definition) is 3. The zero-order chi connectivity index (χ0) is 25.2. The molecule has 0 spiro atoms. The lowest BCUT2D eigenvalue weighted by atomic mass is 10.0. The number of aliphatic carboxylic acids is 1. The Bertz CT molecular complexity index is 1300. The number of carboxylic acids is 1. The minimum atomic E-state index is -4.47. The van der Waals surface area contributed by atoms with Crippen molar-refractivity contribution in [1.29, 1.82) is 0 Å². The second-order valence-electron chi connectivity index (χ2n) is 8.09. The zero-order valence-corrected chi connectivity index (χ0v) is 18.8. The smallest absolute Gasteiger partial charge is 0.409 e. The maximum Gasteiger partial charge on any atom is 0.409 e. The van der Waals surface area contributed by atoms with E-state index in [1.165, 1.54) is 23.5 Å². The molecule has 4 rings (SSSR count). The van der Waals surface area contributed by atoms with Crippen molar-refractivity contribution in [3.8, 4) is 11.1 Å². The molecule has 180 valence electrons. The summed E-state index contributed by atoms with van der Waals surface area (Å²) in [5.41, 5.74) is 6.90. The summed E-state index contributed by atoms with van der Waals surface area (Å²) in [5.74, 6) is -0.679. The van der Waals surface area contributed by atoms with E-state index < -0.39 is 18.2 Å². The van der Waals surface area contributed by atoms with Gasteiger partial charge in [0.2, 0.25) is 5.95 Å². The van der Waals surface area contributed by atoms with Crippen LogP contribution < -0.4 is 15.8 Å². The Morgan fingerprint density at radius 3 is 2.57 bits per heavy atom. The Morgan fingerprint density at radius 1 is 1.17 bits per heavy atom. The molecule has 2 heterocycles. The van der Waals surface area contributed by atoms with E-state index in [4.69, 9.17) is 5.11 Å². The van der Waals surface area contributed by atoms with E-state index in [1.807, 2.05) is 32.0 Å².